The number of rotatable bonds is 41. The predicted molar refractivity (Wildman–Crippen MR) is 547 cm³/mol. The monoisotopic (exact) mass is 2060 g/mol. The first kappa shape index (κ1) is 105. The van der Waals surface area contributed by atoms with Gasteiger partial charge in [0.15, 0.2) is 79.2 Å². The van der Waals surface area contributed by atoms with Gasteiger partial charge in [-0.3, -0.25) is 4.99 Å². The van der Waals surface area contributed by atoms with Gasteiger partial charge in [0.2, 0.25) is 0 Å². The highest BCUT2D eigenvalue weighted by atomic mass is 32.2. The Morgan fingerprint density at radius 3 is 0.727 bits per heavy atom. The van der Waals surface area contributed by atoms with E-state index in [1.54, 1.807) is 164 Å². The van der Waals surface area contributed by atoms with E-state index >= 15 is 38.4 Å². The van der Waals surface area contributed by atoms with Crippen molar-refractivity contribution in [3.63, 3.8) is 0 Å². The molecule has 0 aromatic heterocycles. The molecule has 20 atom stereocenters. The fraction of sp³-hybridized carbons (Fsp3) is 0.254. The highest BCUT2D eigenvalue weighted by Gasteiger charge is 2.60. The van der Waals surface area contributed by atoms with Crippen molar-refractivity contribution >= 4 is 81.6 Å². The number of nitrogens with zero attached hydrogens (tertiary/aromatic N) is 1. The number of hydrogen-bond acceptors (Lipinski definition) is 32. The van der Waals surface area contributed by atoms with Gasteiger partial charge in [-0.25, -0.2) is 43.2 Å². The van der Waals surface area contributed by atoms with Crippen molar-refractivity contribution in [3.05, 3.63) is 467 Å². The summed E-state index contributed by atoms with van der Waals surface area (Å²) in [7, 11) is 0. The molecule has 0 aliphatic carbocycles. The molecule has 0 saturated carbocycles. The summed E-state index contributed by atoms with van der Waals surface area (Å²) >= 11 is 2.37. The molecule has 0 radical (unpaired) electrons. The Morgan fingerprint density at radius 1 is 0.227 bits per heavy atom. The topological polar surface area (TPSA) is 351 Å². The van der Waals surface area contributed by atoms with Gasteiger partial charge in [-0.05, 0) is 131 Å². The SMILES string of the molecule is O=C(OC1C(COC2OC(COCc3ccccc3)C(OCc3ccccc3)C(OCc3ccccc3)C2OCc2ccccc2)OC(OCC2OC(OCC3OC(SC4=NCCS4)C(OC(=O)c4ccccc4)C(OC(=O)c4ccccc4)C3OC(=O)c3ccccc3)C(OC(=O)c3ccccc3)C(OC(=O)c3ccccc3)C2OC(=O)c2ccccc2)C(OC(=O)c2ccccc2)C1OC(=O)c1ccccc1)c1ccccc1. The number of aliphatic imine (C=N–C) groups is 1. The third-order valence-electron chi connectivity index (χ3n) is 24.9. The van der Waals surface area contributed by atoms with Crippen LogP contribution in [0.25, 0.3) is 0 Å². The molecule has 13 aromatic rings. The first-order valence-corrected chi connectivity index (χ1v) is 50.7. The summed E-state index contributed by atoms with van der Waals surface area (Å²) in [6, 6.07) is 108. The summed E-state index contributed by atoms with van der Waals surface area (Å²) in [6.07, 6.45) is -33.5. The van der Waals surface area contributed by atoms with Gasteiger partial charge >= 0.3 is 53.7 Å². The zero-order chi connectivity index (χ0) is 103. The van der Waals surface area contributed by atoms with Crippen molar-refractivity contribution in [2.24, 2.45) is 4.99 Å². The molecule has 0 bridgehead atoms. The molecule has 0 spiro atoms. The number of carbonyl (C=O) groups is 9. The molecular formula is C118H105NO29S2. The predicted octanol–water partition coefficient (Wildman–Crippen LogP) is 17.8. The Kier molecular flexibility index (Phi) is 36.9. The molecule has 18 rings (SSSR count). The molecule has 5 aliphatic heterocycles. The molecule has 32 heteroatoms. The van der Waals surface area contributed by atoms with Crippen LogP contribution in [0.1, 0.15) is 115 Å². The largest absolute Gasteiger partial charge is 0.452 e. The van der Waals surface area contributed by atoms with Gasteiger partial charge in [-0.1, -0.05) is 309 Å². The summed E-state index contributed by atoms with van der Waals surface area (Å²) in [4.78, 5) is 143. The number of benzene rings is 13. The van der Waals surface area contributed by atoms with Crippen molar-refractivity contribution < 1.29 is 138 Å². The van der Waals surface area contributed by atoms with Gasteiger partial charge in [0.1, 0.15) is 47.1 Å². The molecule has 5 heterocycles. The zero-order valence-corrected chi connectivity index (χ0v) is 82.4. The molecule has 30 nitrogen and oxygen atoms in total. The Hall–Kier alpha value is -15.0. The number of esters is 9. The minimum Gasteiger partial charge on any atom is -0.452 e. The van der Waals surface area contributed by atoms with Crippen LogP contribution in [0.4, 0.5) is 0 Å². The standard InChI is InChI=1S/C118H105NO29S2/c120-105(80-48-22-5-23-49-80)140-94-90(73-133-114-101(132-71-79-46-20-4-21-47-79)97(131-70-78-44-18-3-19-45-78)93(130-69-77-42-16-2-17-43-77)89(136-114)72-129-68-76-40-14-1-15-41-76)137-115(102(146-111(126)86-60-34-11-35-61-86)98(94)143-108(123)83-54-28-8-29-55-83)134-74-91-95(141-106(121)81-50-24-6-25-51-81)99(144-109(124)84-56-30-9-31-57-84)103(147-112(127)87-62-36-12-37-63-87)116(138-91)135-75-92-96(142-107(122)82-52-26-7-27-53-82)100(145-110(125)85-58-32-10-33-59-85)104(117(139-92)150-118-119-66-67-149-118)148-113(128)88-64-38-13-39-65-88/h1-65,89-104,114-117H,66-75H2. The van der Waals surface area contributed by atoms with E-state index in [2.05, 4.69) is 0 Å². The molecule has 20 unspecified atom stereocenters. The molecule has 4 fully saturated rings. The van der Waals surface area contributed by atoms with Crippen LogP contribution in [0.3, 0.4) is 0 Å². The Morgan fingerprint density at radius 2 is 0.447 bits per heavy atom. The van der Waals surface area contributed by atoms with E-state index in [4.69, 9.17) is 99.7 Å². The van der Waals surface area contributed by atoms with E-state index < -0.39 is 196 Å². The van der Waals surface area contributed by atoms with Crippen molar-refractivity contribution in [2.45, 2.75) is 148 Å². The van der Waals surface area contributed by atoms with Crippen molar-refractivity contribution in [1.82, 2.24) is 0 Å². The smallest absolute Gasteiger partial charge is 0.338 e. The second-order valence-electron chi connectivity index (χ2n) is 35.2. The minimum absolute atomic E-state index is 0.00201. The van der Waals surface area contributed by atoms with Gasteiger partial charge in [0.25, 0.3) is 0 Å². The van der Waals surface area contributed by atoms with E-state index in [1.807, 2.05) is 121 Å². The average Bonchev–Trinajstić information content (AvgIpc) is 0.829. The highest BCUT2D eigenvalue weighted by Crippen LogP contribution is 2.43. The van der Waals surface area contributed by atoms with Crippen molar-refractivity contribution in [2.75, 3.05) is 38.7 Å². The lowest BCUT2D eigenvalue weighted by Gasteiger charge is -2.48. The zero-order valence-electron chi connectivity index (χ0n) is 80.7. The average molecular weight is 2070 g/mol. The molecular weight excluding hydrogens is 1960 g/mol. The van der Waals surface area contributed by atoms with E-state index in [-0.39, 0.29) is 83.1 Å². The Bertz CT molecular complexity index is 6590. The molecule has 13 aromatic carbocycles. The van der Waals surface area contributed by atoms with Crippen LogP contribution < -0.4 is 0 Å². The van der Waals surface area contributed by atoms with Crippen LogP contribution in [0.2, 0.25) is 0 Å². The summed E-state index contributed by atoms with van der Waals surface area (Å²) in [5.74, 6) is -8.68. The third kappa shape index (κ3) is 27.9. The number of ether oxygens (including phenoxy) is 20. The maximum Gasteiger partial charge on any atom is 0.338 e. The van der Waals surface area contributed by atoms with E-state index in [1.165, 1.54) is 121 Å². The Labute approximate surface area is 873 Å². The van der Waals surface area contributed by atoms with Gasteiger partial charge in [-0.2, -0.15) is 0 Å². The first-order chi connectivity index (χ1) is 73.6. The maximum atomic E-state index is 15.6. The quantitative estimate of drug-likeness (QED) is 0.0254. The lowest BCUT2D eigenvalue weighted by molar-refractivity contribution is -0.349. The number of hydrogen-bond donors (Lipinski definition) is 0. The van der Waals surface area contributed by atoms with Crippen molar-refractivity contribution in [3.8, 4) is 0 Å². The molecule has 0 amide bonds. The highest BCUT2D eigenvalue weighted by molar-refractivity contribution is 8.39. The minimum atomic E-state index is -2.16. The van der Waals surface area contributed by atoms with Crippen LogP contribution in [0.5, 0.6) is 0 Å². The van der Waals surface area contributed by atoms with E-state index in [9.17, 15) is 4.79 Å². The van der Waals surface area contributed by atoms with Crippen LogP contribution >= 0.6 is 23.5 Å². The lowest BCUT2D eigenvalue weighted by Crippen LogP contribution is -2.66. The van der Waals surface area contributed by atoms with Gasteiger partial charge < -0.3 is 94.7 Å². The Balaban J connectivity index is 0.779. The van der Waals surface area contributed by atoms with Crippen LogP contribution in [-0.2, 0) is 121 Å². The maximum absolute atomic E-state index is 15.6. The molecule has 5 aliphatic rings. The normalized spacial score (nSPS) is 23.9. The first-order valence-electron chi connectivity index (χ1n) is 48.8. The number of thioether (sulfide) groups is 2. The molecule has 0 N–H and O–H groups in total. The fourth-order valence-corrected chi connectivity index (χ4v) is 19.7. The van der Waals surface area contributed by atoms with Crippen LogP contribution in [0, 0.1) is 0 Å². The van der Waals surface area contributed by atoms with Crippen LogP contribution in [0.15, 0.2) is 399 Å². The van der Waals surface area contributed by atoms with E-state index in [0.29, 0.717) is 16.7 Å². The summed E-state index contributed by atoms with van der Waals surface area (Å²) < 4.78 is 139. The molecule has 150 heavy (non-hydrogen) atoms. The van der Waals surface area contributed by atoms with Crippen molar-refractivity contribution in [1.29, 1.82) is 0 Å². The fourth-order valence-electron chi connectivity index (χ4n) is 17.4. The van der Waals surface area contributed by atoms with Crippen LogP contribution in [-0.4, -0.2) is 219 Å². The van der Waals surface area contributed by atoms with Gasteiger partial charge in [-0.15, -0.1) is 0 Å². The van der Waals surface area contributed by atoms with E-state index in [0.717, 1.165) is 34.0 Å². The summed E-state index contributed by atoms with van der Waals surface area (Å²) in [5.41, 5.74) is 1.58. The molecule has 768 valence electrons. The number of carbonyl (C=O) groups excluding carboxylic acids is 9. The molecule has 4 saturated heterocycles. The van der Waals surface area contributed by atoms with Gasteiger partial charge in [0.05, 0.1) is 109 Å². The summed E-state index contributed by atoms with van der Waals surface area (Å²) in [6.45, 7) is -2.27. The van der Waals surface area contributed by atoms with Gasteiger partial charge in [0, 0.05) is 5.75 Å². The second-order valence-corrected chi connectivity index (χ2v) is 37.6. The third-order valence-corrected chi connectivity index (χ3v) is 27.3. The lowest BCUT2D eigenvalue weighted by atomic mass is 9.96. The second kappa shape index (κ2) is 52.8. The summed E-state index contributed by atoms with van der Waals surface area (Å²) in [5, 5.41) is 0.